The molecule has 10 rings (SSSR count). The maximum absolute atomic E-state index is 16.3. The van der Waals surface area contributed by atoms with E-state index in [1.165, 1.54) is 24.3 Å². The van der Waals surface area contributed by atoms with Gasteiger partial charge in [-0.1, -0.05) is 91.0 Å². The van der Waals surface area contributed by atoms with Crippen LogP contribution in [0.2, 0.25) is 0 Å². The molecule has 0 saturated carbocycles. The molecule has 4 heterocycles. The second-order valence-corrected chi connectivity index (χ2v) is 17.2. The molecule has 16 heteroatoms. The number of nitro groups is 1. The Hall–Kier alpha value is -7.92. The number of imide groups is 1. The third-order valence-electron chi connectivity index (χ3n) is 13.4. The zero-order chi connectivity index (χ0) is 47.6. The van der Waals surface area contributed by atoms with Crippen LogP contribution in [0.25, 0.3) is 0 Å². The molecule has 4 aliphatic rings. The van der Waals surface area contributed by atoms with Crippen LogP contribution in [0.4, 0.5) is 27.5 Å². The lowest BCUT2D eigenvalue weighted by atomic mass is 9.65. The first kappa shape index (κ1) is 44.9. The number of para-hydroxylation sites is 1. The molecular formula is C53H47N5O11. The Kier molecular flexibility index (Phi) is 12.4. The lowest BCUT2D eigenvalue weighted by Gasteiger charge is -2.46. The van der Waals surface area contributed by atoms with Gasteiger partial charge in [-0.3, -0.25) is 29.4 Å². The molecule has 4 aliphatic heterocycles. The SMILES string of the molecule is O=C1O[C@@H](c2ccccc2)[C@@H](c2ccccc2)N2[C@@H](c3cccc(OCCO)c3)[C@]3(C(=O)N(C(=O)OCc4ccc([N+](=O)[O-])cc4)c4ccccc43)[C@@H](C(=O)Nc3ccc(N4CCOCC4)cc3)[C@H]12. The summed E-state index contributed by atoms with van der Waals surface area (Å²) >= 11 is 0. The number of benzene rings is 6. The molecule has 350 valence electrons. The van der Waals surface area contributed by atoms with E-state index in [9.17, 15) is 20.0 Å². The summed E-state index contributed by atoms with van der Waals surface area (Å²) in [6.07, 6.45) is -2.00. The average Bonchev–Trinajstić information content (AvgIpc) is 3.85. The Labute approximate surface area is 396 Å². The number of non-ortho nitro benzene ring substituents is 1. The third kappa shape index (κ3) is 8.11. The normalized spacial score (nSPS) is 22.9. The number of nitro benzene ring substituents is 1. The van der Waals surface area contributed by atoms with Crippen LogP contribution in [0, 0.1) is 16.0 Å². The summed E-state index contributed by atoms with van der Waals surface area (Å²) in [7, 11) is 0. The van der Waals surface area contributed by atoms with Crippen LogP contribution in [0.15, 0.2) is 158 Å². The molecular weight excluding hydrogens is 883 g/mol. The maximum Gasteiger partial charge on any atom is 0.421 e. The Balaban J connectivity index is 1.17. The van der Waals surface area contributed by atoms with Crippen molar-refractivity contribution in [2.24, 2.45) is 5.92 Å². The summed E-state index contributed by atoms with van der Waals surface area (Å²) in [4.78, 5) is 78.0. The van der Waals surface area contributed by atoms with Crippen LogP contribution in [-0.4, -0.2) is 84.4 Å². The fraction of sp³-hybridized carbons (Fsp3) is 0.245. The van der Waals surface area contributed by atoms with E-state index in [1.54, 1.807) is 60.7 Å². The molecule has 16 nitrogen and oxygen atoms in total. The van der Waals surface area contributed by atoms with Crippen LogP contribution >= 0.6 is 0 Å². The molecule has 3 fully saturated rings. The van der Waals surface area contributed by atoms with Gasteiger partial charge in [0.1, 0.15) is 36.5 Å². The number of cyclic esters (lactones) is 1. The number of amides is 3. The lowest BCUT2D eigenvalue weighted by molar-refractivity contribution is -0.384. The van der Waals surface area contributed by atoms with Gasteiger partial charge in [0.05, 0.1) is 48.4 Å². The maximum atomic E-state index is 16.3. The second kappa shape index (κ2) is 19.0. The predicted molar refractivity (Wildman–Crippen MR) is 252 cm³/mol. The minimum atomic E-state index is -2.04. The van der Waals surface area contributed by atoms with Crippen LogP contribution in [0.3, 0.4) is 0 Å². The number of esters is 1. The summed E-state index contributed by atoms with van der Waals surface area (Å²) in [5, 5.41) is 24.2. The minimum Gasteiger partial charge on any atom is -0.491 e. The number of fused-ring (bicyclic) bond motifs is 3. The summed E-state index contributed by atoms with van der Waals surface area (Å²) in [6.45, 7) is 1.91. The Morgan fingerprint density at radius 1 is 0.783 bits per heavy atom. The molecule has 3 amide bonds. The van der Waals surface area contributed by atoms with E-state index in [-0.39, 0.29) is 31.2 Å². The average molecular weight is 930 g/mol. The molecule has 0 radical (unpaired) electrons. The number of morpholine rings is 2. The van der Waals surface area contributed by atoms with Crippen molar-refractivity contribution in [2.45, 2.75) is 36.3 Å². The summed E-state index contributed by atoms with van der Waals surface area (Å²) in [6, 6.07) is 41.8. The van der Waals surface area contributed by atoms with E-state index in [0.29, 0.717) is 60.0 Å². The van der Waals surface area contributed by atoms with Crippen LogP contribution in [0.5, 0.6) is 5.75 Å². The van der Waals surface area contributed by atoms with Crippen molar-refractivity contribution in [1.82, 2.24) is 4.90 Å². The Morgan fingerprint density at radius 3 is 2.14 bits per heavy atom. The van der Waals surface area contributed by atoms with Gasteiger partial charge in [-0.05, 0) is 82.4 Å². The van der Waals surface area contributed by atoms with Gasteiger partial charge in [0.15, 0.2) is 0 Å². The van der Waals surface area contributed by atoms with Crippen molar-refractivity contribution in [3.8, 4) is 5.75 Å². The number of ether oxygens (including phenoxy) is 4. The molecule has 0 aromatic heterocycles. The molecule has 0 aliphatic carbocycles. The molecule has 69 heavy (non-hydrogen) atoms. The number of aliphatic hydroxyl groups excluding tert-OH is 1. The van der Waals surface area contributed by atoms with E-state index in [1.807, 2.05) is 77.7 Å². The topological polar surface area (TPSA) is 190 Å². The van der Waals surface area contributed by atoms with E-state index in [0.717, 1.165) is 16.2 Å². The van der Waals surface area contributed by atoms with Crippen molar-refractivity contribution < 1.29 is 48.2 Å². The van der Waals surface area contributed by atoms with Gasteiger partial charge in [0.25, 0.3) is 5.69 Å². The summed E-state index contributed by atoms with van der Waals surface area (Å²) < 4.78 is 23.9. The molecule has 0 bridgehead atoms. The highest BCUT2D eigenvalue weighted by Crippen LogP contribution is 2.66. The van der Waals surface area contributed by atoms with Gasteiger partial charge in [-0.25, -0.2) is 9.69 Å². The van der Waals surface area contributed by atoms with E-state index < -0.39 is 64.4 Å². The number of hydrogen-bond donors (Lipinski definition) is 2. The standard InChI is InChI=1S/C53H47N5O11/c59-28-31-67-41-15-9-14-37(32-41)48-53(42-16-7-8-17-43(42)56(51(53)62)52(63)68-33-34-18-22-40(23-19-34)58(64)65)44(49(60)54-38-20-24-39(25-21-38)55-26-29-66-30-27-55)46-50(61)69-47(36-12-5-2-6-13-36)45(57(46)48)35-10-3-1-4-11-35/h1-25,32,44-48,59H,26-31,33H2,(H,54,60)/t44-,45-,46-,47+,48+,53-/m1/s1. The highest BCUT2D eigenvalue weighted by molar-refractivity contribution is 6.24. The number of nitrogens with zero attached hydrogens (tertiary/aromatic N) is 4. The van der Waals surface area contributed by atoms with Crippen molar-refractivity contribution >= 4 is 46.6 Å². The number of carbonyl (C=O) groups is 4. The Morgan fingerprint density at radius 2 is 1.45 bits per heavy atom. The zero-order valence-corrected chi connectivity index (χ0v) is 37.2. The van der Waals surface area contributed by atoms with Crippen LogP contribution in [0.1, 0.15) is 46.0 Å². The number of carbonyl (C=O) groups excluding carboxylic acids is 4. The van der Waals surface area contributed by atoms with E-state index >= 15 is 14.4 Å². The van der Waals surface area contributed by atoms with E-state index in [2.05, 4.69) is 10.2 Å². The van der Waals surface area contributed by atoms with Crippen molar-refractivity contribution in [2.75, 3.05) is 54.6 Å². The quantitative estimate of drug-likeness (QED) is 0.0700. The molecule has 1 spiro atoms. The largest absolute Gasteiger partial charge is 0.491 e. The minimum absolute atomic E-state index is 0.0356. The molecule has 6 aromatic rings. The lowest BCUT2D eigenvalue weighted by Crippen LogP contribution is -2.54. The second-order valence-electron chi connectivity index (χ2n) is 17.2. The fourth-order valence-electron chi connectivity index (χ4n) is 10.5. The molecule has 0 unspecified atom stereocenters. The van der Waals surface area contributed by atoms with Gasteiger partial charge in [-0.2, -0.15) is 0 Å². The molecule has 6 aromatic carbocycles. The first-order valence-electron chi connectivity index (χ1n) is 22.7. The summed E-state index contributed by atoms with van der Waals surface area (Å²) in [5.41, 5.74) is 1.90. The molecule has 2 N–H and O–H groups in total. The van der Waals surface area contributed by atoms with Crippen LogP contribution < -0.4 is 19.9 Å². The monoisotopic (exact) mass is 929 g/mol. The first-order chi connectivity index (χ1) is 33.7. The van der Waals surface area contributed by atoms with Gasteiger partial charge < -0.3 is 34.3 Å². The molecule has 6 atom stereocenters. The van der Waals surface area contributed by atoms with Crippen LogP contribution in [-0.2, 0) is 40.6 Å². The number of nitrogens with one attached hydrogen (secondary N) is 1. The van der Waals surface area contributed by atoms with Gasteiger partial charge in [0.2, 0.25) is 11.8 Å². The smallest absolute Gasteiger partial charge is 0.421 e. The first-order valence-corrected chi connectivity index (χ1v) is 22.7. The highest BCUT2D eigenvalue weighted by atomic mass is 16.6. The number of anilines is 3. The van der Waals surface area contributed by atoms with Gasteiger partial charge in [0, 0.05) is 36.6 Å². The number of hydrogen-bond acceptors (Lipinski definition) is 13. The Bertz CT molecular complexity index is 2880. The fourth-order valence-corrected chi connectivity index (χ4v) is 10.5. The van der Waals surface area contributed by atoms with Crippen molar-refractivity contribution in [1.29, 1.82) is 0 Å². The van der Waals surface area contributed by atoms with E-state index in [4.69, 9.17) is 18.9 Å². The van der Waals surface area contributed by atoms with Gasteiger partial charge in [-0.15, -0.1) is 0 Å². The highest BCUT2D eigenvalue weighted by Gasteiger charge is 2.75. The van der Waals surface area contributed by atoms with Gasteiger partial charge >= 0.3 is 12.1 Å². The molecule has 3 saturated heterocycles. The van der Waals surface area contributed by atoms with Crippen molar-refractivity contribution in [3.05, 3.63) is 196 Å². The zero-order valence-electron chi connectivity index (χ0n) is 37.2. The summed E-state index contributed by atoms with van der Waals surface area (Å²) in [5.74, 6) is -3.45. The third-order valence-corrected chi connectivity index (χ3v) is 13.4. The van der Waals surface area contributed by atoms with Crippen molar-refractivity contribution in [3.63, 3.8) is 0 Å². The number of aliphatic hydroxyl groups is 1. The predicted octanol–water partition coefficient (Wildman–Crippen LogP) is 7.44. The number of rotatable bonds is 12.